The molecular formula is C11H16BrNOS. The van der Waals surface area contributed by atoms with Crippen molar-refractivity contribution in [3.63, 3.8) is 0 Å². The number of thiophene rings is 1. The first-order valence-corrected chi connectivity index (χ1v) is 6.97. The van der Waals surface area contributed by atoms with Crippen LogP contribution in [0.25, 0.3) is 0 Å². The molecule has 0 amide bonds. The van der Waals surface area contributed by atoms with E-state index in [2.05, 4.69) is 22.0 Å². The van der Waals surface area contributed by atoms with Crippen LogP contribution in [0.15, 0.2) is 15.9 Å². The molecule has 0 spiro atoms. The van der Waals surface area contributed by atoms with E-state index in [1.54, 1.807) is 11.3 Å². The van der Waals surface area contributed by atoms with E-state index in [1.807, 2.05) is 6.07 Å². The molecule has 1 unspecified atom stereocenters. The smallest absolute Gasteiger partial charge is 0.104 e. The molecule has 2 N–H and O–H groups in total. The predicted molar refractivity (Wildman–Crippen MR) is 67.1 cm³/mol. The monoisotopic (exact) mass is 289 g/mol. The van der Waals surface area contributed by atoms with Crippen molar-refractivity contribution >= 4 is 27.3 Å². The van der Waals surface area contributed by atoms with Gasteiger partial charge in [-0.3, -0.25) is 0 Å². The zero-order valence-corrected chi connectivity index (χ0v) is 11.0. The van der Waals surface area contributed by atoms with Crippen molar-refractivity contribution in [1.82, 2.24) is 0 Å². The fourth-order valence-electron chi connectivity index (χ4n) is 1.55. The van der Waals surface area contributed by atoms with Gasteiger partial charge in [0.2, 0.25) is 0 Å². The average molecular weight is 290 g/mol. The van der Waals surface area contributed by atoms with Gasteiger partial charge in [-0.25, -0.2) is 0 Å². The Labute approximate surface area is 103 Å². The van der Waals surface area contributed by atoms with Crippen LogP contribution in [-0.2, 0) is 4.74 Å². The van der Waals surface area contributed by atoms with E-state index in [0.29, 0.717) is 6.54 Å². The van der Waals surface area contributed by atoms with E-state index in [1.165, 1.54) is 24.1 Å². The Morgan fingerprint density at radius 1 is 1.53 bits per heavy atom. The summed E-state index contributed by atoms with van der Waals surface area (Å²) in [5.74, 6) is 0.929. The molecule has 2 nitrogen and oxygen atoms in total. The van der Waals surface area contributed by atoms with Crippen LogP contribution in [0.3, 0.4) is 0 Å². The molecule has 0 aromatic carbocycles. The van der Waals surface area contributed by atoms with Gasteiger partial charge in [0.15, 0.2) is 0 Å². The van der Waals surface area contributed by atoms with Gasteiger partial charge in [-0.1, -0.05) is 12.8 Å². The molecule has 15 heavy (non-hydrogen) atoms. The first-order chi connectivity index (χ1) is 7.29. The zero-order chi connectivity index (χ0) is 10.7. The van der Waals surface area contributed by atoms with Crippen LogP contribution >= 0.6 is 27.3 Å². The Morgan fingerprint density at radius 3 is 2.87 bits per heavy atom. The third-order valence-corrected chi connectivity index (χ3v) is 4.38. The van der Waals surface area contributed by atoms with Gasteiger partial charge in [0, 0.05) is 18.0 Å². The van der Waals surface area contributed by atoms with Crippen LogP contribution in [0, 0.1) is 5.92 Å². The summed E-state index contributed by atoms with van der Waals surface area (Å²) >= 11 is 5.16. The summed E-state index contributed by atoms with van der Waals surface area (Å²) in [7, 11) is 0. The number of hydrogen-bond donors (Lipinski definition) is 1. The molecule has 1 fully saturated rings. The van der Waals surface area contributed by atoms with Crippen LogP contribution < -0.4 is 5.73 Å². The Bertz CT molecular complexity index is 311. The number of nitrogens with two attached hydrogens (primary N) is 1. The quantitative estimate of drug-likeness (QED) is 0.872. The highest BCUT2D eigenvalue weighted by molar-refractivity contribution is 9.11. The van der Waals surface area contributed by atoms with Gasteiger partial charge in [0.05, 0.1) is 3.79 Å². The number of halogens is 1. The van der Waals surface area contributed by atoms with Crippen molar-refractivity contribution < 1.29 is 4.74 Å². The SMILES string of the molecule is NCC(OCCC1CC1)c1ccc(Br)s1. The Morgan fingerprint density at radius 2 is 2.33 bits per heavy atom. The van der Waals surface area contributed by atoms with Gasteiger partial charge >= 0.3 is 0 Å². The molecule has 1 saturated carbocycles. The predicted octanol–water partition coefficient (Wildman–Crippen LogP) is 3.33. The van der Waals surface area contributed by atoms with Gasteiger partial charge in [-0.15, -0.1) is 11.3 Å². The number of rotatable bonds is 6. The first kappa shape index (κ1) is 11.6. The van der Waals surface area contributed by atoms with Crippen molar-refractivity contribution in [1.29, 1.82) is 0 Å². The summed E-state index contributed by atoms with van der Waals surface area (Å²) in [5, 5.41) is 0. The van der Waals surface area contributed by atoms with Crippen LogP contribution in [-0.4, -0.2) is 13.2 Å². The minimum absolute atomic E-state index is 0.0834. The lowest BCUT2D eigenvalue weighted by Gasteiger charge is -2.14. The van der Waals surface area contributed by atoms with Gasteiger partial charge < -0.3 is 10.5 Å². The first-order valence-electron chi connectivity index (χ1n) is 5.36. The number of hydrogen-bond acceptors (Lipinski definition) is 3. The van der Waals surface area contributed by atoms with Gasteiger partial charge in [-0.05, 0) is 40.4 Å². The second-order valence-electron chi connectivity index (χ2n) is 3.97. The summed E-state index contributed by atoms with van der Waals surface area (Å²) in [6, 6.07) is 4.14. The maximum atomic E-state index is 5.81. The molecule has 1 heterocycles. The normalized spacial score (nSPS) is 18.0. The molecule has 2 rings (SSSR count). The molecular weight excluding hydrogens is 274 g/mol. The molecule has 1 aliphatic rings. The summed E-state index contributed by atoms with van der Waals surface area (Å²) < 4.78 is 6.95. The van der Waals surface area contributed by atoms with Crippen LogP contribution in [0.2, 0.25) is 0 Å². The van der Waals surface area contributed by atoms with E-state index in [9.17, 15) is 0 Å². The van der Waals surface area contributed by atoms with E-state index >= 15 is 0 Å². The maximum absolute atomic E-state index is 5.81. The largest absolute Gasteiger partial charge is 0.371 e. The second-order valence-corrected chi connectivity index (χ2v) is 6.46. The van der Waals surface area contributed by atoms with E-state index in [0.717, 1.165) is 16.3 Å². The maximum Gasteiger partial charge on any atom is 0.104 e. The molecule has 0 radical (unpaired) electrons. The second kappa shape index (κ2) is 5.43. The Balaban J connectivity index is 1.80. The van der Waals surface area contributed by atoms with Crippen molar-refractivity contribution in [2.45, 2.75) is 25.4 Å². The van der Waals surface area contributed by atoms with Gasteiger partial charge in [0.25, 0.3) is 0 Å². The highest BCUT2D eigenvalue weighted by atomic mass is 79.9. The summed E-state index contributed by atoms with van der Waals surface area (Å²) in [6.45, 7) is 1.42. The average Bonchev–Trinajstić information content (AvgIpc) is 2.96. The molecule has 4 heteroatoms. The van der Waals surface area contributed by atoms with Gasteiger partial charge in [-0.2, -0.15) is 0 Å². The van der Waals surface area contributed by atoms with E-state index in [-0.39, 0.29) is 6.10 Å². The van der Waals surface area contributed by atoms with Gasteiger partial charge in [0.1, 0.15) is 6.10 Å². The number of ether oxygens (including phenoxy) is 1. The van der Waals surface area contributed by atoms with Crippen LogP contribution in [0.4, 0.5) is 0 Å². The topological polar surface area (TPSA) is 35.2 Å². The summed E-state index contributed by atoms with van der Waals surface area (Å²) in [6.07, 6.45) is 4.06. The van der Waals surface area contributed by atoms with Crippen molar-refractivity contribution in [2.75, 3.05) is 13.2 Å². The van der Waals surface area contributed by atoms with Crippen molar-refractivity contribution in [2.24, 2.45) is 11.7 Å². The minimum atomic E-state index is 0.0834. The lowest BCUT2D eigenvalue weighted by Crippen LogP contribution is -2.15. The highest BCUT2D eigenvalue weighted by Crippen LogP contribution is 2.33. The minimum Gasteiger partial charge on any atom is -0.371 e. The standard InChI is InChI=1S/C11H16BrNOS/c12-11-4-3-10(15-11)9(7-13)14-6-5-8-1-2-8/h3-4,8-9H,1-2,5-7,13H2. The molecule has 1 atom stereocenters. The van der Waals surface area contributed by atoms with Crippen molar-refractivity contribution in [3.8, 4) is 0 Å². The molecule has 1 aromatic heterocycles. The van der Waals surface area contributed by atoms with Crippen molar-refractivity contribution in [3.05, 3.63) is 20.8 Å². The van der Waals surface area contributed by atoms with E-state index < -0.39 is 0 Å². The molecule has 0 saturated heterocycles. The molecule has 84 valence electrons. The molecule has 0 aliphatic heterocycles. The van der Waals surface area contributed by atoms with Crippen LogP contribution in [0.5, 0.6) is 0 Å². The fourth-order valence-corrected chi connectivity index (χ4v) is 3.04. The fraction of sp³-hybridized carbons (Fsp3) is 0.636. The molecule has 1 aliphatic carbocycles. The Hall–Kier alpha value is 0.1000. The Kier molecular flexibility index (Phi) is 4.20. The molecule has 0 bridgehead atoms. The highest BCUT2D eigenvalue weighted by Gasteiger charge is 2.21. The third-order valence-electron chi connectivity index (χ3n) is 2.67. The summed E-state index contributed by atoms with van der Waals surface area (Å²) in [4.78, 5) is 1.22. The third kappa shape index (κ3) is 3.55. The van der Waals surface area contributed by atoms with Crippen LogP contribution in [0.1, 0.15) is 30.2 Å². The lowest BCUT2D eigenvalue weighted by atomic mass is 10.3. The lowest BCUT2D eigenvalue weighted by molar-refractivity contribution is 0.0568. The summed E-state index contributed by atoms with van der Waals surface area (Å²) in [5.41, 5.74) is 5.71. The molecule has 1 aromatic rings. The zero-order valence-electron chi connectivity index (χ0n) is 8.62. The van der Waals surface area contributed by atoms with E-state index in [4.69, 9.17) is 10.5 Å².